The summed E-state index contributed by atoms with van der Waals surface area (Å²) < 4.78 is 4.89. The molecular formula is C8H9ClOPd. The molecule has 0 aromatic heterocycles. The van der Waals surface area contributed by atoms with Crippen molar-refractivity contribution in [3.8, 4) is 5.75 Å². The van der Waals surface area contributed by atoms with E-state index in [0.29, 0.717) is 0 Å². The van der Waals surface area contributed by atoms with Crippen LogP contribution in [0.3, 0.4) is 0 Å². The van der Waals surface area contributed by atoms with E-state index in [1.54, 1.807) is 7.11 Å². The van der Waals surface area contributed by atoms with Gasteiger partial charge in [-0.25, -0.2) is 0 Å². The van der Waals surface area contributed by atoms with Crippen molar-refractivity contribution in [1.82, 2.24) is 0 Å². The first kappa shape index (κ1) is 13.6. The fourth-order valence-electron chi connectivity index (χ4n) is 0.508. The second-order valence-electron chi connectivity index (χ2n) is 1.44. The van der Waals surface area contributed by atoms with Crippen LogP contribution in [0.4, 0.5) is 0 Å². The van der Waals surface area contributed by atoms with Crippen molar-refractivity contribution < 1.29 is 25.2 Å². The predicted molar refractivity (Wildman–Crippen MR) is 43.0 cm³/mol. The Kier molecular flexibility index (Phi) is 12.3. The van der Waals surface area contributed by atoms with E-state index in [0.717, 1.165) is 5.75 Å². The number of methoxy groups -OCH3 is 1. The van der Waals surface area contributed by atoms with Gasteiger partial charge in [-0.15, -0.1) is 12.1 Å². The average molecular weight is 263 g/mol. The molecule has 0 aliphatic heterocycles. The van der Waals surface area contributed by atoms with Crippen LogP contribution in [0.15, 0.2) is 24.3 Å². The van der Waals surface area contributed by atoms with E-state index >= 15 is 0 Å². The molecule has 0 bridgehead atoms. The van der Waals surface area contributed by atoms with Crippen LogP contribution in [0, 0.1) is 12.4 Å². The molecule has 0 aliphatic rings. The van der Waals surface area contributed by atoms with Crippen molar-refractivity contribution in [2.45, 2.75) is 0 Å². The first-order chi connectivity index (χ1) is 4.93. The average Bonchev–Trinajstić information content (AvgIpc) is 2.10. The van der Waals surface area contributed by atoms with Crippen LogP contribution in [0.2, 0.25) is 0 Å². The summed E-state index contributed by atoms with van der Waals surface area (Å²) in [5.41, 5.74) is 0. The van der Waals surface area contributed by atoms with E-state index in [1.165, 1.54) is 0 Å². The third-order valence-corrected chi connectivity index (χ3v) is 0.923. The quantitative estimate of drug-likeness (QED) is 0.558. The Morgan fingerprint density at radius 3 is 2.09 bits per heavy atom. The summed E-state index contributed by atoms with van der Waals surface area (Å²) in [6.45, 7) is 0. The second kappa shape index (κ2) is 9.97. The van der Waals surface area contributed by atoms with Crippen molar-refractivity contribution in [2.24, 2.45) is 0 Å². The molecule has 0 atom stereocenters. The van der Waals surface area contributed by atoms with Crippen LogP contribution in [-0.2, 0) is 20.4 Å². The van der Waals surface area contributed by atoms with E-state index in [4.69, 9.17) is 4.74 Å². The number of hydrogen-bond acceptors (Lipinski definition) is 1. The van der Waals surface area contributed by atoms with Gasteiger partial charge in [0.15, 0.2) is 0 Å². The van der Waals surface area contributed by atoms with Gasteiger partial charge in [-0.05, 0) is 0 Å². The molecule has 0 aliphatic carbocycles. The molecule has 1 aromatic rings. The summed E-state index contributed by atoms with van der Waals surface area (Å²) in [6, 6.07) is 10.2. The van der Waals surface area contributed by atoms with Crippen LogP contribution in [0.5, 0.6) is 5.75 Å². The Hall–Kier alpha value is -0.0277. The van der Waals surface area contributed by atoms with Gasteiger partial charge in [0.25, 0.3) is 0 Å². The Morgan fingerprint density at radius 1 is 1.36 bits per heavy atom. The number of ether oxygens (including phenoxy) is 1. The van der Waals surface area contributed by atoms with Gasteiger partial charge in [0.1, 0.15) is 0 Å². The van der Waals surface area contributed by atoms with Gasteiger partial charge in [0.2, 0.25) is 0 Å². The largest absolute Gasteiger partial charge is 2.00 e. The normalized spacial score (nSPS) is 6.82. The van der Waals surface area contributed by atoms with Gasteiger partial charge in [-0.1, -0.05) is 0 Å². The fraction of sp³-hybridized carbons (Fsp3) is 0.125. The predicted octanol–water partition coefficient (Wildman–Crippen LogP) is 2.51. The number of rotatable bonds is 1. The first-order valence-electron chi connectivity index (χ1n) is 2.70. The van der Waals surface area contributed by atoms with Crippen molar-refractivity contribution in [3.05, 3.63) is 36.7 Å². The second-order valence-corrected chi connectivity index (χ2v) is 1.44. The minimum Gasteiger partial charge on any atom is -0.522 e. The van der Waals surface area contributed by atoms with E-state index in [2.05, 4.69) is 24.1 Å². The summed E-state index contributed by atoms with van der Waals surface area (Å²) >= 11 is 4.39. The number of halogens is 1. The van der Waals surface area contributed by atoms with E-state index < -0.39 is 0 Å². The summed E-state index contributed by atoms with van der Waals surface area (Å²) in [6.07, 6.45) is 2.72. The molecule has 1 nitrogen and oxygen atoms in total. The van der Waals surface area contributed by atoms with Crippen molar-refractivity contribution in [2.75, 3.05) is 7.11 Å². The molecule has 0 heterocycles. The molecule has 64 valence electrons. The molecule has 0 amide bonds. The third kappa shape index (κ3) is 6.37. The van der Waals surface area contributed by atoms with Crippen LogP contribution in [-0.4, -0.2) is 7.11 Å². The molecule has 0 radical (unpaired) electrons. The molecular weight excluding hydrogens is 254 g/mol. The van der Waals surface area contributed by atoms with Crippen LogP contribution < -0.4 is 4.74 Å². The Morgan fingerprint density at radius 2 is 1.82 bits per heavy atom. The zero-order valence-electron chi connectivity index (χ0n) is 6.12. The van der Waals surface area contributed by atoms with Crippen molar-refractivity contribution in [1.29, 1.82) is 0 Å². The summed E-state index contributed by atoms with van der Waals surface area (Å²) in [5.74, 6) is 0.878. The fourth-order valence-corrected chi connectivity index (χ4v) is 0.508. The Labute approximate surface area is 86.4 Å². The van der Waals surface area contributed by atoms with Crippen molar-refractivity contribution in [3.63, 3.8) is 0 Å². The maximum Gasteiger partial charge on any atom is 2.00 e. The van der Waals surface area contributed by atoms with E-state index in [1.807, 2.05) is 24.3 Å². The maximum atomic E-state index is 4.89. The first-order valence-corrected chi connectivity index (χ1v) is 3.24. The topological polar surface area (TPSA) is 9.23 Å². The number of benzene rings is 1. The molecule has 0 saturated heterocycles. The minimum atomic E-state index is 0. The molecule has 0 unspecified atom stereocenters. The molecule has 1 aromatic carbocycles. The Bertz CT molecular complexity index is 155. The van der Waals surface area contributed by atoms with E-state index in [-0.39, 0.29) is 20.4 Å². The molecule has 0 N–H and O–H groups in total. The maximum absolute atomic E-state index is 4.89. The van der Waals surface area contributed by atoms with Crippen LogP contribution >= 0.6 is 11.6 Å². The van der Waals surface area contributed by atoms with Gasteiger partial charge >= 0.3 is 20.4 Å². The van der Waals surface area contributed by atoms with Gasteiger partial charge in [-0.3, -0.25) is 6.38 Å². The number of hydrogen-bond donors (Lipinski definition) is 0. The van der Waals surface area contributed by atoms with Crippen LogP contribution in [0.25, 0.3) is 0 Å². The molecule has 0 saturated carbocycles. The van der Waals surface area contributed by atoms with E-state index in [9.17, 15) is 0 Å². The minimum absolute atomic E-state index is 0. The molecule has 3 heteroatoms. The zero-order chi connectivity index (χ0) is 7.82. The monoisotopic (exact) mass is 262 g/mol. The van der Waals surface area contributed by atoms with Crippen LogP contribution in [0.1, 0.15) is 0 Å². The SMILES string of the molecule is COc1cc[c-]cc1.[CH2-]Cl.[Pd+2]. The standard InChI is InChI=1S/C7H7O.CH2Cl.Pd/c1-8-7-5-3-2-4-6-7;1-2;/h3-6H,1H3;1H2;/q2*-1;+2. The molecule has 0 spiro atoms. The Balaban J connectivity index is 0. The third-order valence-electron chi connectivity index (χ3n) is 0.923. The van der Waals surface area contributed by atoms with Gasteiger partial charge < -0.3 is 16.3 Å². The van der Waals surface area contributed by atoms with Gasteiger partial charge in [-0.2, -0.15) is 18.2 Å². The van der Waals surface area contributed by atoms with Gasteiger partial charge in [0, 0.05) is 5.75 Å². The van der Waals surface area contributed by atoms with Gasteiger partial charge in [0.05, 0.1) is 7.11 Å². The summed E-state index contributed by atoms with van der Waals surface area (Å²) in [7, 11) is 1.65. The van der Waals surface area contributed by atoms with Crippen molar-refractivity contribution >= 4 is 11.6 Å². The molecule has 11 heavy (non-hydrogen) atoms. The summed E-state index contributed by atoms with van der Waals surface area (Å²) in [4.78, 5) is 0. The smallest absolute Gasteiger partial charge is 0.522 e. The summed E-state index contributed by atoms with van der Waals surface area (Å²) in [5, 5.41) is 0. The molecule has 1 rings (SSSR count). The zero-order valence-corrected chi connectivity index (χ0v) is 8.43. The molecule has 0 fully saturated rings.